The van der Waals surface area contributed by atoms with E-state index < -0.39 is 11.7 Å². The van der Waals surface area contributed by atoms with Crippen molar-refractivity contribution < 1.29 is 24.9 Å². The molecule has 7 nitrogen and oxygen atoms in total. The number of anilines is 2. The van der Waals surface area contributed by atoms with Gasteiger partial charge in [0.25, 0.3) is 5.91 Å². The first-order valence-corrected chi connectivity index (χ1v) is 5.88. The van der Waals surface area contributed by atoms with E-state index in [1.54, 1.807) is 0 Å². The minimum atomic E-state index is -0.527. The average molecular weight is 288 g/mol. The third kappa shape index (κ3) is 3.21. The molecule has 108 valence electrons. The molecule has 0 aromatic heterocycles. The molecular formula is C14H12N2O5. The molecule has 0 saturated heterocycles. The maximum atomic E-state index is 11.9. The van der Waals surface area contributed by atoms with Crippen molar-refractivity contribution in [1.82, 2.24) is 0 Å². The third-order valence-electron chi connectivity index (χ3n) is 2.71. The molecule has 2 rings (SSSR count). The first-order chi connectivity index (χ1) is 10.0. The summed E-state index contributed by atoms with van der Waals surface area (Å²) in [6.45, 7) is 0. The highest BCUT2D eigenvalue weighted by Gasteiger charge is 2.10. The number of phenols is 3. The summed E-state index contributed by atoms with van der Waals surface area (Å²) in [6.07, 6.45) is 0.423. The number of amides is 2. The van der Waals surface area contributed by atoms with Crippen molar-refractivity contribution in [2.75, 3.05) is 10.6 Å². The Bertz CT molecular complexity index is 700. The predicted molar refractivity (Wildman–Crippen MR) is 75.5 cm³/mol. The number of nitrogens with one attached hydrogen (secondary N) is 2. The predicted octanol–water partition coefficient (Wildman–Crippen LogP) is 1.62. The van der Waals surface area contributed by atoms with Crippen molar-refractivity contribution >= 4 is 23.7 Å². The van der Waals surface area contributed by atoms with Crippen LogP contribution in [0.5, 0.6) is 17.2 Å². The third-order valence-corrected chi connectivity index (χ3v) is 2.71. The lowest BCUT2D eigenvalue weighted by Crippen LogP contribution is -2.11. The zero-order chi connectivity index (χ0) is 15.4. The van der Waals surface area contributed by atoms with Gasteiger partial charge in [-0.2, -0.15) is 0 Å². The molecule has 2 aromatic carbocycles. The second-order valence-corrected chi connectivity index (χ2v) is 4.15. The monoisotopic (exact) mass is 288 g/mol. The van der Waals surface area contributed by atoms with Gasteiger partial charge in [-0.1, -0.05) is 0 Å². The lowest BCUT2D eigenvalue weighted by Gasteiger charge is -2.08. The van der Waals surface area contributed by atoms with Crippen molar-refractivity contribution in [2.24, 2.45) is 0 Å². The number of carbonyl (C=O) groups is 2. The first kappa shape index (κ1) is 14.2. The Morgan fingerprint density at radius 1 is 0.952 bits per heavy atom. The van der Waals surface area contributed by atoms with Crippen LogP contribution in [0, 0.1) is 0 Å². The minimum Gasteiger partial charge on any atom is -0.506 e. The van der Waals surface area contributed by atoms with E-state index in [-0.39, 0.29) is 22.7 Å². The second-order valence-electron chi connectivity index (χ2n) is 4.15. The van der Waals surface area contributed by atoms with E-state index in [9.17, 15) is 24.9 Å². The fourth-order valence-corrected chi connectivity index (χ4v) is 1.66. The molecule has 0 bridgehead atoms. The molecule has 7 heteroatoms. The topological polar surface area (TPSA) is 119 Å². The first-order valence-electron chi connectivity index (χ1n) is 5.88. The molecule has 0 atom stereocenters. The molecule has 21 heavy (non-hydrogen) atoms. The molecule has 0 aliphatic heterocycles. The van der Waals surface area contributed by atoms with Crippen LogP contribution < -0.4 is 10.6 Å². The summed E-state index contributed by atoms with van der Waals surface area (Å²) in [5.74, 6) is -1.46. The molecule has 0 aliphatic rings. The Labute approximate surface area is 119 Å². The number of rotatable bonds is 4. The summed E-state index contributed by atoms with van der Waals surface area (Å²) in [5.41, 5.74) is 0.659. The second kappa shape index (κ2) is 5.83. The van der Waals surface area contributed by atoms with Crippen LogP contribution >= 0.6 is 0 Å². The normalized spacial score (nSPS) is 9.90. The smallest absolute Gasteiger partial charge is 0.255 e. The summed E-state index contributed by atoms with van der Waals surface area (Å²) in [5, 5.41) is 33.0. The van der Waals surface area contributed by atoms with Gasteiger partial charge >= 0.3 is 0 Å². The quantitative estimate of drug-likeness (QED) is 0.432. The van der Waals surface area contributed by atoms with Gasteiger partial charge in [0, 0.05) is 17.3 Å². The summed E-state index contributed by atoms with van der Waals surface area (Å²) in [4.78, 5) is 22.2. The molecule has 0 heterocycles. The molecule has 5 N–H and O–H groups in total. The van der Waals surface area contributed by atoms with Crippen LogP contribution in [0.25, 0.3) is 0 Å². The molecule has 0 saturated carbocycles. The highest BCUT2D eigenvalue weighted by Crippen LogP contribution is 2.28. The van der Waals surface area contributed by atoms with Crippen molar-refractivity contribution in [3.05, 3.63) is 42.0 Å². The molecular weight excluding hydrogens is 276 g/mol. The molecule has 2 aromatic rings. The largest absolute Gasteiger partial charge is 0.506 e. The highest BCUT2D eigenvalue weighted by atomic mass is 16.3. The standard InChI is InChI=1S/C14H12N2O5/c17-7-15-10-3-2-9(6-12(10)19)16-14(21)8-1-4-11(18)13(20)5-8/h1-7,18-20H,(H,15,17)(H,16,21). The maximum Gasteiger partial charge on any atom is 0.255 e. The van der Waals surface area contributed by atoms with E-state index in [1.165, 1.54) is 30.3 Å². The highest BCUT2D eigenvalue weighted by molar-refractivity contribution is 6.04. The van der Waals surface area contributed by atoms with E-state index >= 15 is 0 Å². The minimum absolute atomic E-state index is 0.139. The fraction of sp³-hybridized carbons (Fsp3) is 0. The Kier molecular flexibility index (Phi) is 3.94. The van der Waals surface area contributed by atoms with Crippen LogP contribution in [-0.2, 0) is 4.79 Å². The van der Waals surface area contributed by atoms with E-state index in [1.807, 2.05) is 0 Å². The Morgan fingerprint density at radius 2 is 1.71 bits per heavy atom. The van der Waals surface area contributed by atoms with Crippen molar-refractivity contribution in [1.29, 1.82) is 0 Å². The van der Waals surface area contributed by atoms with Crippen molar-refractivity contribution in [3.8, 4) is 17.2 Å². The summed E-state index contributed by atoms with van der Waals surface area (Å²) >= 11 is 0. The van der Waals surface area contributed by atoms with E-state index in [2.05, 4.69) is 10.6 Å². The Balaban J connectivity index is 2.17. The van der Waals surface area contributed by atoms with Gasteiger partial charge < -0.3 is 26.0 Å². The summed E-state index contributed by atoms with van der Waals surface area (Å²) in [6, 6.07) is 7.83. The van der Waals surface area contributed by atoms with Crippen LogP contribution in [0.2, 0.25) is 0 Å². The Hall–Kier alpha value is -3.22. The van der Waals surface area contributed by atoms with Gasteiger partial charge in [-0.05, 0) is 30.3 Å². The summed E-state index contributed by atoms with van der Waals surface area (Å²) < 4.78 is 0. The van der Waals surface area contributed by atoms with Gasteiger partial charge in [-0.15, -0.1) is 0 Å². The molecule has 0 radical (unpaired) electrons. The van der Waals surface area contributed by atoms with Gasteiger partial charge in [-0.25, -0.2) is 0 Å². The molecule has 2 amide bonds. The average Bonchev–Trinajstić information content (AvgIpc) is 2.45. The van der Waals surface area contributed by atoms with Crippen LogP contribution in [-0.4, -0.2) is 27.6 Å². The van der Waals surface area contributed by atoms with Crippen molar-refractivity contribution in [2.45, 2.75) is 0 Å². The Morgan fingerprint density at radius 3 is 2.33 bits per heavy atom. The number of benzene rings is 2. The van der Waals surface area contributed by atoms with Crippen LogP contribution in [0.15, 0.2) is 36.4 Å². The lowest BCUT2D eigenvalue weighted by atomic mass is 10.2. The van der Waals surface area contributed by atoms with Crippen LogP contribution in [0.3, 0.4) is 0 Å². The van der Waals surface area contributed by atoms with Crippen LogP contribution in [0.4, 0.5) is 11.4 Å². The molecule has 0 unspecified atom stereocenters. The number of hydrogen-bond acceptors (Lipinski definition) is 5. The van der Waals surface area contributed by atoms with Gasteiger partial charge in [0.2, 0.25) is 6.41 Å². The van der Waals surface area contributed by atoms with E-state index in [4.69, 9.17) is 0 Å². The zero-order valence-corrected chi connectivity index (χ0v) is 10.7. The molecule has 0 spiro atoms. The maximum absolute atomic E-state index is 11.9. The van der Waals surface area contributed by atoms with Gasteiger partial charge in [0.05, 0.1) is 5.69 Å². The summed E-state index contributed by atoms with van der Waals surface area (Å²) in [7, 11) is 0. The molecule has 0 fully saturated rings. The number of hydrogen-bond donors (Lipinski definition) is 5. The van der Waals surface area contributed by atoms with Crippen LogP contribution in [0.1, 0.15) is 10.4 Å². The molecule has 0 aliphatic carbocycles. The fourth-order valence-electron chi connectivity index (χ4n) is 1.66. The van der Waals surface area contributed by atoms with Gasteiger partial charge in [0.15, 0.2) is 11.5 Å². The number of phenolic OH excluding ortho intramolecular Hbond substituents is 3. The number of carbonyl (C=O) groups excluding carboxylic acids is 2. The zero-order valence-electron chi connectivity index (χ0n) is 10.7. The van der Waals surface area contributed by atoms with Gasteiger partial charge in [-0.3, -0.25) is 9.59 Å². The van der Waals surface area contributed by atoms with Gasteiger partial charge in [0.1, 0.15) is 5.75 Å². The van der Waals surface area contributed by atoms with Crippen molar-refractivity contribution in [3.63, 3.8) is 0 Å². The number of aromatic hydroxyl groups is 3. The SMILES string of the molecule is O=CNc1ccc(NC(=O)c2ccc(O)c(O)c2)cc1O. The lowest BCUT2D eigenvalue weighted by molar-refractivity contribution is -0.105. The van der Waals surface area contributed by atoms with E-state index in [0.29, 0.717) is 12.1 Å². The van der Waals surface area contributed by atoms with E-state index in [0.717, 1.165) is 6.07 Å².